The average Bonchev–Trinajstić information content (AvgIpc) is 3.04. The van der Waals surface area contributed by atoms with Crippen molar-refractivity contribution in [2.45, 2.75) is 25.4 Å². The summed E-state index contributed by atoms with van der Waals surface area (Å²) < 4.78 is 7.36. The molecule has 1 unspecified atom stereocenters. The van der Waals surface area contributed by atoms with Gasteiger partial charge in [-0.15, -0.1) is 0 Å². The Morgan fingerprint density at radius 3 is 3.05 bits per heavy atom. The van der Waals surface area contributed by atoms with Crippen molar-refractivity contribution in [1.82, 2.24) is 14.8 Å². The van der Waals surface area contributed by atoms with E-state index in [0.29, 0.717) is 23.3 Å². The minimum Gasteiger partial charge on any atom is -0.478 e. The fourth-order valence-corrected chi connectivity index (χ4v) is 2.70. The summed E-state index contributed by atoms with van der Waals surface area (Å²) >= 11 is 0. The van der Waals surface area contributed by atoms with Crippen molar-refractivity contribution in [2.75, 3.05) is 18.5 Å². The zero-order valence-electron chi connectivity index (χ0n) is 12.1. The molecular weight excluding hydrogens is 272 g/mol. The molecule has 0 amide bonds. The number of nitrogens with one attached hydrogen (secondary N) is 1. The van der Waals surface area contributed by atoms with Gasteiger partial charge in [-0.2, -0.15) is 5.10 Å². The van der Waals surface area contributed by atoms with E-state index in [1.807, 2.05) is 6.92 Å². The lowest BCUT2D eigenvalue weighted by Gasteiger charge is -2.24. The molecule has 7 heteroatoms. The quantitative estimate of drug-likeness (QED) is 0.890. The maximum Gasteiger partial charge on any atom is 0.339 e. The molecule has 21 heavy (non-hydrogen) atoms. The van der Waals surface area contributed by atoms with Crippen molar-refractivity contribution in [3.05, 3.63) is 18.0 Å². The van der Waals surface area contributed by atoms with Crippen LogP contribution in [-0.4, -0.2) is 44.6 Å². The smallest absolute Gasteiger partial charge is 0.339 e. The predicted molar refractivity (Wildman–Crippen MR) is 77.5 cm³/mol. The predicted octanol–water partition coefficient (Wildman–Crippen LogP) is 1.65. The SMILES string of the molecule is Cn1ncc2c(NCC3(C)CCCO3)c(C(=O)O)cnc21. The van der Waals surface area contributed by atoms with E-state index in [9.17, 15) is 9.90 Å². The molecule has 0 aliphatic carbocycles. The van der Waals surface area contributed by atoms with Crippen LogP contribution < -0.4 is 5.32 Å². The highest BCUT2D eigenvalue weighted by Crippen LogP contribution is 2.29. The fourth-order valence-electron chi connectivity index (χ4n) is 2.70. The first-order chi connectivity index (χ1) is 10.0. The van der Waals surface area contributed by atoms with Crippen LogP contribution in [0.15, 0.2) is 12.4 Å². The normalized spacial score (nSPS) is 21.8. The highest BCUT2D eigenvalue weighted by atomic mass is 16.5. The van der Waals surface area contributed by atoms with E-state index in [1.165, 1.54) is 6.20 Å². The number of hydrogen-bond acceptors (Lipinski definition) is 5. The lowest BCUT2D eigenvalue weighted by molar-refractivity contribution is 0.0315. The molecule has 2 N–H and O–H groups in total. The third-order valence-electron chi connectivity index (χ3n) is 3.93. The monoisotopic (exact) mass is 290 g/mol. The number of nitrogens with zero attached hydrogens (tertiary/aromatic N) is 3. The summed E-state index contributed by atoms with van der Waals surface area (Å²) in [5.41, 5.74) is 1.10. The zero-order chi connectivity index (χ0) is 15.0. The maximum atomic E-state index is 11.4. The highest BCUT2D eigenvalue weighted by Gasteiger charge is 2.30. The van der Waals surface area contributed by atoms with Crippen molar-refractivity contribution in [1.29, 1.82) is 0 Å². The van der Waals surface area contributed by atoms with Gasteiger partial charge in [-0.25, -0.2) is 9.78 Å². The molecule has 3 rings (SSSR count). The summed E-state index contributed by atoms with van der Waals surface area (Å²) in [7, 11) is 1.78. The van der Waals surface area contributed by atoms with Crippen molar-refractivity contribution < 1.29 is 14.6 Å². The van der Waals surface area contributed by atoms with E-state index in [1.54, 1.807) is 17.9 Å². The van der Waals surface area contributed by atoms with Crippen LogP contribution in [-0.2, 0) is 11.8 Å². The number of carboxylic acid groups (broad SMARTS) is 1. The van der Waals surface area contributed by atoms with Crippen molar-refractivity contribution in [3.8, 4) is 0 Å². The van der Waals surface area contributed by atoms with Crippen molar-refractivity contribution in [2.24, 2.45) is 7.05 Å². The summed E-state index contributed by atoms with van der Waals surface area (Å²) in [6.07, 6.45) is 4.99. The van der Waals surface area contributed by atoms with E-state index in [4.69, 9.17) is 4.74 Å². The topological polar surface area (TPSA) is 89.3 Å². The van der Waals surface area contributed by atoms with E-state index in [2.05, 4.69) is 15.4 Å². The number of pyridine rings is 1. The molecule has 3 heterocycles. The first-order valence-electron chi connectivity index (χ1n) is 6.92. The number of hydrogen-bond donors (Lipinski definition) is 2. The fraction of sp³-hybridized carbons (Fsp3) is 0.500. The second-order valence-electron chi connectivity index (χ2n) is 5.61. The number of aromatic nitrogens is 3. The number of carboxylic acids is 1. The summed E-state index contributed by atoms with van der Waals surface area (Å²) in [5.74, 6) is -1.01. The third kappa shape index (κ3) is 2.44. The molecule has 112 valence electrons. The van der Waals surface area contributed by atoms with Gasteiger partial charge in [0.2, 0.25) is 0 Å². The van der Waals surface area contributed by atoms with Gasteiger partial charge in [-0.3, -0.25) is 4.68 Å². The van der Waals surface area contributed by atoms with Gasteiger partial charge in [0, 0.05) is 26.4 Å². The Hall–Kier alpha value is -2.15. The molecule has 0 bridgehead atoms. The van der Waals surface area contributed by atoms with Crippen molar-refractivity contribution >= 4 is 22.7 Å². The minimum atomic E-state index is -1.01. The molecule has 7 nitrogen and oxygen atoms in total. The average molecular weight is 290 g/mol. The molecule has 0 radical (unpaired) electrons. The number of carbonyl (C=O) groups is 1. The first-order valence-corrected chi connectivity index (χ1v) is 6.92. The third-order valence-corrected chi connectivity index (χ3v) is 3.93. The Balaban J connectivity index is 1.98. The number of aryl methyl sites for hydroxylation is 1. The van der Waals surface area contributed by atoms with Gasteiger partial charge >= 0.3 is 5.97 Å². The van der Waals surface area contributed by atoms with E-state index < -0.39 is 5.97 Å². The molecule has 0 aromatic carbocycles. The minimum absolute atomic E-state index is 0.150. The Morgan fingerprint density at radius 1 is 1.57 bits per heavy atom. The summed E-state index contributed by atoms with van der Waals surface area (Å²) in [6, 6.07) is 0. The number of anilines is 1. The molecule has 1 atom stereocenters. The van der Waals surface area contributed by atoms with Gasteiger partial charge < -0.3 is 15.2 Å². The first kappa shape index (κ1) is 13.8. The zero-order valence-corrected chi connectivity index (χ0v) is 12.1. The van der Waals surface area contributed by atoms with Crippen molar-refractivity contribution in [3.63, 3.8) is 0 Å². The van der Waals surface area contributed by atoms with Crippen LogP contribution in [0.4, 0.5) is 5.69 Å². The second-order valence-corrected chi connectivity index (χ2v) is 5.61. The summed E-state index contributed by atoms with van der Waals surface area (Å²) in [4.78, 5) is 15.6. The van der Waals surface area contributed by atoms with Gasteiger partial charge in [0.25, 0.3) is 0 Å². The summed E-state index contributed by atoms with van der Waals surface area (Å²) in [6.45, 7) is 3.35. The molecule has 0 spiro atoms. The van der Waals surface area contributed by atoms with Crippen LogP contribution in [0.1, 0.15) is 30.1 Å². The van der Waals surface area contributed by atoms with Gasteiger partial charge in [0.15, 0.2) is 5.65 Å². The van der Waals surface area contributed by atoms with E-state index in [0.717, 1.165) is 19.4 Å². The van der Waals surface area contributed by atoms with Crippen LogP contribution in [0.2, 0.25) is 0 Å². The number of fused-ring (bicyclic) bond motifs is 1. The largest absolute Gasteiger partial charge is 0.478 e. The Kier molecular flexibility index (Phi) is 3.29. The Morgan fingerprint density at radius 2 is 2.38 bits per heavy atom. The van der Waals surface area contributed by atoms with Gasteiger partial charge in [-0.1, -0.05) is 0 Å². The highest BCUT2D eigenvalue weighted by molar-refractivity contribution is 6.03. The lowest BCUT2D eigenvalue weighted by Crippen LogP contribution is -2.33. The van der Waals surface area contributed by atoms with Gasteiger partial charge in [0.05, 0.1) is 22.9 Å². The van der Waals surface area contributed by atoms with Crippen LogP contribution in [0.25, 0.3) is 11.0 Å². The van der Waals surface area contributed by atoms with Crippen LogP contribution in [0.3, 0.4) is 0 Å². The number of aromatic carboxylic acids is 1. The van der Waals surface area contributed by atoms with Crippen LogP contribution >= 0.6 is 0 Å². The van der Waals surface area contributed by atoms with E-state index in [-0.39, 0.29) is 11.2 Å². The maximum absolute atomic E-state index is 11.4. The van der Waals surface area contributed by atoms with Gasteiger partial charge in [0.1, 0.15) is 5.56 Å². The Bertz CT molecular complexity index is 689. The molecule has 2 aromatic rings. The molecule has 1 fully saturated rings. The molecule has 2 aromatic heterocycles. The second kappa shape index (κ2) is 5.00. The van der Waals surface area contributed by atoms with Crippen LogP contribution in [0, 0.1) is 0 Å². The molecule has 1 aliphatic rings. The Labute approximate surface area is 121 Å². The number of rotatable bonds is 4. The lowest BCUT2D eigenvalue weighted by atomic mass is 10.0. The van der Waals surface area contributed by atoms with E-state index >= 15 is 0 Å². The standard InChI is InChI=1S/C14H18N4O3/c1-14(4-3-5-21-14)8-16-11-9-7-17-18(2)12(9)15-6-10(11)13(19)20/h6-7H,3-5,8H2,1-2H3,(H,15,16)(H,19,20). The molecule has 1 saturated heterocycles. The van der Waals surface area contributed by atoms with Gasteiger partial charge in [-0.05, 0) is 19.8 Å². The molecule has 1 aliphatic heterocycles. The summed E-state index contributed by atoms with van der Waals surface area (Å²) in [5, 5.41) is 17.4. The van der Waals surface area contributed by atoms with Crippen LogP contribution in [0.5, 0.6) is 0 Å². The molecular formula is C14H18N4O3. The number of ether oxygens (including phenoxy) is 1. The molecule has 0 saturated carbocycles.